The van der Waals surface area contributed by atoms with Crippen LogP contribution < -0.4 is 9.62 Å². The number of hydrogen-bond acceptors (Lipinski definition) is 5. The molecule has 0 atom stereocenters. The van der Waals surface area contributed by atoms with E-state index in [0.29, 0.717) is 0 Å². The molecule has 6 heteroatoms. The largest absolute Gasteiger partial charge is 0.370 e. The maximum absolute atomic E-state index is 11.5. The summed E-state index contributed by atoms with van der Waals surface area (Å²) in [5.41, 5.74) is 1.26. The first-order valence-corrected chi connectivity index (χ1v) is 10.8. The lowest BCUT2D eigenvalue weighted by molar-refractivity contribution is 0.673. The van der Waals surface area contributed by atoms with Crippen molar-refractivity contribution in [3.05, 3.63) is 36.4 Å². The van der Waals surface area contributed by atoms with Crippen molar-refractivity contribution in [1.82, 2.24) is 4.72 Å². The van der Waals surface area contributed by atoms with Gasteiger partial charge in [-0.05, 0) is 43.3 Å². The molecular formula is C17H18N2OS3. The Balaban J connectivity index is 1.73. The van der Waals surface area contributed by atoms with E-state index in [1.165, 1.54) is 30.8 Å². The summed E-state index contributed by atoms with van der Waals surface area (Å²) in [7, 11) is 1.32. The van der Waals surface area contributed by atoms with Crippen molar-refractivity contribution in [2.45, 2.75) is 4.90 Å². The molecule has 1 fully saturated rings. The van der Waals surface area contributed by atoms with Gasteiger partial charge in [0, 0.05) is 66.1 Å². The van der Waals surface area contributed by atoms with Crippen molar-refractivity contribution in [1.29, 1.82) is 0 Å². The molecule has 0 spiro atoms. The van der Waals surface area contributed by atoms with Gasteiger partial charge in [-0.25, -0.2) is 0 Å². The lowest BCUT2D eigenvalue weighted by atomic mass is 10.1. The Morgan fingerprint density at radius 3 is 2.52 bits per heavy atom. The number of rotatable bonds is 3. The summed E-state index contributed by atoms with van der Waals surface area (Å²) < 4.78 is 17.3. The highest BCUT2D eigenvalue weighted by atomic mass is 32.2. The van der Waals surface area contributed by atoms with Crippen molar-refractivity contribution in [2.75, 3.05) is 36.5 Å². The number of nitrogens with zero attached hydrogens (tertiary/aromatic N) is 1. The summed E-state index contributed by atoms with van der Waals surface area (Å²) in [5.74, 6) is 1.57. The summed E-state index contributed by atoms with van der Waals surface area (Å²) in [6.45, 7) is 1.79. The molecule has 0 unspecified atom stereocenters. The summed E-state index contributed by atoms with van der Waals surface area (Å²) in [5, 5.41) is 2.66. The lowest BCUT2D eigenvalue weighted by Crippen LogP contribution is -2.37. The van der Waals surface area contributed by atoms with Gasteiger partial charge in [-0.3, -0.25) is 8.93 Å². The van der Waals surface area contributed by atoms with Gasteiger partial charge in [0.1, 0.15) is 0 Å². The summed E-state index contributed by atoms with van der Waals surface area (Å²) in [6.07, 6.45) is 0. The summed E-state index contributed by atoms with van der Waals surface area (Å²) in [6, 6.07) is 13.4. The fourth-order valence-electron chi connectivity index (χ4n) is 3.02. The normalized spacial score (nSPS) is 16.5. The van der Waals surface area contributed by atoms with Crippen molar-refractivity contribution in [3.8, 4) is 0 Å². The highest BCUT2D eigenvalue weighted by Gasteiger charge is 2.16. The van der Waals surface area contributed by atoms with Crippen LogP contribution in [0.25, 0.3) is 20.2 Å². The quantitative estimate of drug-likeness (QED) is 0.717. The number of thiophene rings is 1. The average Bonchev–Trinajstić information content (AvgIpc) is 2.92. The van der Waals surface area contributed by atoms with Gasteiger partial charge < -0.3 is 4.90 Å². The zero-order valence-corrected chi connectivity index (χ0v) is 15.3. The molecule has 3 aromatic rings. The fourth-order valence-corrected chi connectivity index (χ4v) is 5.87. The van der Waals surface area contributed by atoms with Crippen LogP contribution in [-0.2, 0) is 10.8 Å². The molecule has 1 N–H and O–H groups in total. The second-order valence-electron chi connectivity index (χ2n) is 5.58. The van der Waals surface area contributed by atoms with Crippen LogP contribution in [0.4, 0.5) is 5.69 Å². The third kappa shape index (κ3) is 3.01. The highest BCUT2D eigenvalue weighted by Crippen LogP contribution is 2.37. The molecule has 120 valence electrons. The SMILES string of the molecule is CNSc1ccc2c(c1)sc1cc(N3CCS(=O)CC3)ccc12. The molecule has 23 heavy (non-hydrogen) atoms. The van der Waals surface area contributed by atoms with E-state index in [-0.39, 0.29) is 0 Å². The van der Waals surface area contributed by atoms with E-state index < -0.39 is 10.8 Å². The van der Waals surface area contributed by atoms with Crippen LogP contribution in [0, 0.1) is 0 Å². The van der Waals surface area contributed by atoms with Gasteiger partial charge in [0.05, 0.1) is 0 Å². The van der Waals surface area contributed by atoms with Gasteiger partial charge in [0.15, 0.2) is 0 Å². The van der Waals surface area contributed by atoms with E-state index in [4.69, 9.17) is 0 Å². The number of fused-ring (bicyclic) bond motifs is 3. The Morgan fingerprint density at radius 2 is 1.78 bits per heavy atom. The van der Waals surface area contributed by atoms with Crippen molar-refractivity contribution in [3.63, 3.8) is 0 Å². The van der Waals surface area contributed by atoms with Crippen molar-refractivity contribution < 1.29 is 4.21 Å². The Kier molecular flexibility index (Phi) is 4.32. The molecule has 1 aliphatic heterocycles. The molecule has 0 bridgehead atoms. The topological polar surface area (TPSA) is 32.3 Å². The minimum Gasteiger partial charge on any atom is -0.370 e. The van der Waals surface area contributed by atoms with Gasteiger partial charge in [0.25, 0.3) is 0 Å². The van der Waals surface area contributed by atoms with E-state index in [1.54, 1.807) is 11.9 Å². The van der Waals surface area contributed by atoms with Crippen LogP contribution in [0.1, 0.15) is 0 Å². The predicted molar refractivity (Wildman–Crippen MR) is 104 cm³/mol. The van der Waals surface area contributed by atoms with Gasteiger partial charge in [-0.1, -0.05) is 12.1 Å². The molecule has 4 rings (SSSR count). The molecular weight excluding hydrogens is 344 g/mol. The van der Waals surface area contributed by atoms with Crippen molar-refractivity contribution >= 4 is 59.9 Å². The van der Waals surface area contributed by atoms with Crippen molar-refractivity contribution in [2.24, 2.45) is 0 Å². The highest BCUT2D eigenvalue weighted by molar-refractivity contribution is 7.97. The third-order valence-corrected chi connectivity index (χ3v) is 7.28. The lowest BCUT2D eigenvalue weighted by Gasteiger charge is -2.28. The number of benzene rings is 2. The molecule has 1 aliphatic rings. The van der Waals surface area contributed by atoms with Crippen LogP contribution in [0.2, 0.25) is 0 Å². The summed E-state index contributed by atoms with van der Waals surface area (Å²) >= 11 is 3.50. The molecule has 0 saturated carbocycles. The minimum atomic E-state index is -0.626. The maximum atomic E-state index is 11.5. The average molecular weight is 363 g/mol. The second kappa shape index (κ2) is 6.43. The molecule has 2 heterocycles. The third-order valence-electron chi connectivity index (χ3n) is 4.19. The van der Waals surface area contributed by atoms with E-state index in [1.807, 2.05) is 18.4 Å². The van der Waals surface area contributed by atoms with Gasteiger partial charge in [0.2, 0.25) is 0 Å². The zero-order chi connectivity index (χ0) is 15.8. The maximum Gasteiger partial charge on any atom is 0.0411 e. The van der Waals surface area contributed by atoms with E-state index in [9.17, 15) is 4.21 Å². The molecule has 3 nitrogen and oxygen atoms in total. The van der Waals surface area contributed by atoms with E-state index in [2.05, 4.69) is 46.0 Å². The van der Waals surface area contributed by atoms with Crippen LogP contribution in [0.5, 0.6) is 0 Å². The molecule has 1 aromatic heterocycles. The monoisotopic (exact) mass is 362 g/mol. The molecule has 2 aromatic carbocycles. The van der Waals surface area contributed by atoms with Crippen LogP contribution >= 0.6 is 23.3 Å². The second-order valence-corrected chi connectivity index (χ2v) is 9.45. The van der Waals surface area contributed by atoms with Gasteiger partial charge in [-0.15, -0.1) is 11.3 Å². The number of nitrogens with one attached hydrogen (secondary N) is 1. The Bertz CT molecular complexity index is 880. The Labute approximate surface area is 146 Å². The first-order chi connectivity index (χ1) is 11.2. The molecule has 0 aliphatic carbocycles. The smallest absolute Gasteiger partial charge is 0.0411 e. The van der Waals surface area contributed by atoms with Gasteiger partial charge >= 0.3 is 0 Å². The zero-order valence-electron chi connectivity index (χ0n) is 12.9. The standard InChI is InChI=1S/C17H18N2OS3/c1-18-22-13-3-5-15-14-4-2-12(10-16(14)21-17(15)11-13)19-6-8-23(20)9-7-19/h2-5,10-11,18H,6-9H2,1H3. The van der Waals surface area contributed by atoms with E-state index in [0.717, 1.165) is 24.6 Å². The van der Waals surface area contributed by atoms with Crippen LogP contribution in [0.3, 0.4) is 0 Å². The molecule has 0 radical (unpaired) electrons. The minimum absolute atomic E-state index is 0.626. The first kappa shape index (κ1) is 15.4. The first-order valence-electron chi connectivity index (χ1n) is 7.64. The predicted octanol–water partition coefficient (Wildman–Crippen LogP) is 3.85. The molecule has 1 saturated heterocycles. The van der Waals surface area contributed by atoms with E-state index >= 15 is 0 Å². The van der Waals surface area contributed by atoms with Crippen LogP contribution in [-0.4, -0.2) is 35.9 Å². The molecule has 0 amide bonds. The number of anilines is 1. The number of hydrogen-bond donors (Lipinski definition) is 1. The van der Waals surface area contributed by atoms with Gasteiger partial charge in [-0.2, -0.15) is 0 Å². The summed E-state index contributed by atoms with van der Waals surface area (Å²) in [4.78, 5) is 3.60. The Hall–Kier alpha value is -1.08. The Morgan fingerprint density at radius 1 is 1.09 bits per heavy atom. The van der Waals surface area contributed by atoms with Crippen LogP contribution in [0.15, 0.2) is 41.3 Å². The fraction of sp³-hybridized carbons (Fsp3) is 0.294.